The Hall–Kier alpha value is -2.01. The number of anilines is 2. The minimum Gasteiger partial charge on any atom is -0.437 e. The Bertz CT molecular complexity index is 518. The van der Waals surface area contributed by atoms with Crippen LogP contribution in [0.15, 0.2) is 30.6 Å². The first-order valence-electron chi connectivity index (χ1n) is 4.45. The number of nitrogen functional groups attached to an aromatic ring is 2. The van der Waals surface area contributed by atoms with E-state index in [1.165, 1.54) is 12.4 Å². The van der Waals surface area contributed by atoms with Crippen molar-refractivity contribution in [3.05, 3.63) is 35.6 Å². The summed E-state index contributed by atoms with van der Waals surface area (Å²) in [5.41, 5.74) is 11.5. The van der Waals surface area contributed by atoms with Crippen LogP contribution >= 0.6 is 11.6 Å². The van der Waals surface area contributed by atoms with Crippen molar-refractivity contribution in [2.24, 2.45) is 0 Å². The number of ether oxygens (including phenoxy) is 1. The molecule has 0 saturated heterocycles. The fourth-order valence-corrected chi connectivity index (χ4v) is 1.26. The monoisotopic (exact) mass is 236 g/mol. The number of hydrogen-bond acceptors (Lipinski definition) is 5. The Morgan fingerprint density at radius 3 is 2.69 bits per heavy atom. The lowest BCUT2D eigenvalue weighted by Crippen LogP contribution is -1.98. The van der Waals surface area contributed by atoms with E-state index in [2.05, 4.69) is 9.97 Å². The summed E-state index contributed by atoms with van der Waals surface area (Å²) in [6.07, 6.45) is 3.04. The van der Waals surface area contributed by atoms with Gasteiger partial charge in [-0.1, -0.05) is 11.6 Å². The molecule has 2 aromatic heterocycles. The number of pyridine rings is 2. The summed E-state index contributed by atoms with van der Waals surface area (Å²) >= 11 is 5.76. The molecule has 0 bridgehead atoms. The summed E-state index contributed by atoms with van der Waals surface area (Å²) in [4.78, 5) is 7.84. The van der Waals surface area contributed by atoms with Gasteiger partial charge in [0.2, 0.25) is 5.88 Å². The fraction of sp³-hybridized carbons (Fsp3) is 0. The molecule has 2 heterocycles. The molecule has 0 aromatic carbocycles. The SMILES string of the molecule is Nc1ccc(Oc2cncc(Cl)c2)nc1N. The van der Waals surface area contributed by atoms with E-state index in [1.807, 2.05) is 0 Å². The van der Waals surface area contributed by atoms with Gasteiger partial charge in [-0.15, -0.1) is 0 Å². The second kappa shape index (κ2) is 4.24. The van der Waals surface area contributed by atoms with E-state index in [9.17, 15) is 0 Å². The predicted octanol–water partition coefficient (Wildman–Crippen LogP) is 2.09. The molecule has 0 aliphatic heterocycles. The molecule has 0 saturated carbocycles. The number of halogens is 1. The summed E-state index contributed by atoms with van der Waals surface area (Å²) in [5.74, 6) is 1.06. The first-order chi connectivity index (χ1) is 7.65. The van der Waals surface area contributed by atoms with Crippen LogP contribution in [0.2, 0.25) is 5.02 Å². The maximum atomic E-state index is 5.76. The Labute approximate surface area is 97.0 Å². The molecule has 4 N–H and O–H groups in total. The van der Waals surface area contributed by atoms with Crippen molar-refractivity contribution < 1.29 is 4.74 Å². The standard InChI is InChI=1S/C10H9ClN4O/c11-6-3-7(5-14-4-6)16-9-2-1-8(12)10(13)15-9/h1-5H,12H2,(H2,13,15). The molecule has 0 unspecified atom stereocenters. The zero-order chi connectivity index (χ0) is 11.5. The van der Waals surface area contributed by atoms with Gasteiger partial charge in [-0.3, -0.25) is 4.98 Å². The van der Waals surface area contributed by atoms with Gasteiger partial charge in [-0.05, 0) is 6.07 Å². The van der Waals surface area contributed by atoms with Gasteiger partial charge < -0.3 is 16.2 Å². The average Bonchev–Trinajstić information content (AvgIpc) is 2.24. The molecule has 0 fully saturated rings. The maximum Gasteiger partial charge on any atom is 0.221 e. The zero-order valence-electron chi connectivity index (χ0n) is 8.22. The van der Waals surface area contributed by atoms with Crippen LogP contribution in [0.5, 0.6) is 11.6 Å². The molecule has 82 valence electrons. The molecule has 6 heteroatoms. The molecule has 2 rings (SSSR count). The van der Waals surface area contributed by atoms with Crippen LogP contribution in [0.25, 0.3) is 0 Å². The molecule has 0 atom stereocenters. The highest BCUT2D eigenvalue weighted by Crippen LogP contribution is 2.23. The second-order valence-electron chi connectivity index (χ2n) is 3.06. The van der Waals surface area contributed by atoms with E-state index in [-0.39, 0.29) is 5.82 Å². The lowest BCUT2D eigenvalue weighted by atomic mass is 10.4. The van der Waals surface area contributed by atoms with Crippen molar-refractivity contribution in [2.45, 2.75) is 0 Å². The maximum absolute atomic E-state index is 5.76. The van der Waals surface area contributed by atoms with Crippen LogP contribution in [-0.4, -0.2) is 9.97 Å². The van der Waals surface area contributed by atoms with E-state index in [0.717, 1.165) is 0 Å². The molecular weight excluding hydrogens is 228 g/mol. The van der Waals surface area contributed by atoms with E-state index in [1.54, 1.807) is 18.2 Å². The highest BCUT2D eigenvalue weighted by molar-refractivity contribution is 6.30. The van der Waals surface area contributed by atoms with Crippen LogP contribution in [0.1, 0.15) is 0 Å². The third-order valence-corrected chi connectivity index (χ3v) is 2.04. The van der Waals surface area contributed by atoms with Gasteiger partial charge in [0.1, 0.15) is 5.75 Å². The molecule has 0 aliphatic carbocycles. The third-order valence-electron chi connectivity index (χ3n) is 1.83. The van der Waals surface area contributed by atoms with E-state index < -0.39 is 0 Å². The molecule has 0 radical (unpaired) electrons. The Balaban J connectivity index is 2.24. The highest BCUT2D eigenvalue weighted by atomic mass is 35.5. The minimum absolute atomic E-state index is 0.229. The third kappa shape index (κ3) is 2.32. The molecule has 0 aliphatic rings. The minimum atomic E-state index is 0.229. The highest BCUT2D eigenvalue weighted by Gasteiger charge is 2.02. The van der Waals surface area contributed by atoms with E-state index in [4.69, 9.17) is 27.8 Å². The lowest BCUT2D eigenvalue weighted by molar-refractivity contribution is 0.462. The van der Waals surface area contributed by atoms with Gasteiger partial charge in [0.25, 0.3) is 0 Å². The van der Waals surface area contributed by atoms with E-state index >= 15 is 0 Å². The number of rotatable bonds is 2. The Morgan fingerprint density at radius 1 is 1.19 bits per heavy atom. The first kappa shape index (κ1) is 10.5. The van der Waals surface area contributed by atoms with Gasteiger partial charge in [0.15, 0.2) is 5.82 Å². The van der Waals surface area contributed by atoms with E-state index in [0.29, 0.717) is 22.3 Å². The molecular formula is C10H9ClN4O. The summed E-state index contributed by atoms with van der Waals surface area (Å²) in [7, 11) is 0. The van der Waals surface area contributed by atoms with Gasteiger partial charge >= 0.3 is 0 Å². The van der Waals surface area contributed by atoms with Gasteiger partial charge in [0.05, 0.1) is 16.9 Å². The van der Waals surface area contributed by atoms with Crippen molar-refractivity contribution in [1.82, 2.24) is 9.97 Å². The van der Waals surface area contributed by atoms with Crippen LogP contribution in [0, 0.1) is 0 Å². The quantitative estimate of drug-likeness (QED) is 0.834. The smallest absolute Gasteiger partial charge is 0.221 e. The number of nitrogens with zero attached hydrogens (tertiary/aromatic N) is 2. The summed E-state index contributed by atoms with van der Waals surface area (Å²) in [5, 5.41) is 0.487. The normalized spacial score (nSPS) is 10.1. The summed E-state index contributed by atoms with van der Waals surface area (Å²) in [6.45, 7) is 0. The lowest BCUT2D eigenvalue weighted by Gasteiger charge is -2.05. The molecule has 2 aromatic rings. The molecule has 0 amide bonds. The Morgan fingerprint density at radius 2 is 2.00 bits per heavy atom. The number of nitrogens with two attached hydrogens (primary N) is 2. The van der Waals surface area contributed by atoms with Gasteiger partial charge in [-0.2, -0.15) is 4.98 Å². The van der Waals surface area contributed by atoms with Crippen molar-refractivity contribution in [3.63, 3.8) is 0 Å². The van der Waals surface area contributed by atoms with Crippen molar-refractivity contribution in [1.29, 1.82) is 0 Å². The summed E-state index contributed by atoms with van der Waals surface area (Å²) < 4.78 is 5.40. The van der Waals surface area contributed by atoms with Crippen LogP contribution in [0.3, 0.4) is 0 Å². The molecule has 0 spiro atoms. The average molecular weight is 237 g/mol. The summed E-state index contributed by atoms with van der Waals surface area (Å²) in [6, 6.07) is 4.87. The predicted molar refractivity (Wildman–Crippen MR) is 62.4 cm³/mol. The second-order valence-corrected chi connectivity index (χ2v) is 3.50. The number of hydrogen-bond donors (Lipinski definition) is 2. The molecule has 16 heavy (non-hydrogen) atoms. The zero-order valence-corrected chi connectivity index (χ0v) is 8.98. The largest absolute Gasteiger partial charge is 0.437 e. The van der Waals surface area contributed by atoms with Gasteiger partial charge in [-0.25, -0.2) is 0 Å². The van der Waals surface area contributed by atoms with Crippen molar-refractivity contribution >= 4 is 23.1 Å². The van der Waals surface area contributed by atoms with Crippen molar-refractivity contribution in [2.75, 3.05) is 11.5 Å². The number of aromatic nitrogens is 2. The fourth-order valence-electron chi connectivity index (χ4n) is 1.09. The van der Waals surface area contributed by atoms with Crippen molar-refractivity contribution in [3.8, 4) is 11.6 Å². The Kier molecular flexibility index (Phi) is 2.78. The molecule has 5 nitrogen and oxygen atoms in total. The van der Waals surface area contributed by atoms with Crippen LogP contribution < -0.4 is 16.2 Å². The van der Waals surface area contributed by atoms with Crippen LogP contribution in [-0.2, 0) is 0 Å². The van der Waals surface area contributed by atoms with Crippen LogP contribution in [0.4, 0.5) is 11.5 Å². The first-order valence-corrected chi connectivity index (χ1v) is 4.83. The topological polar surface area (TPSA) is 87.0 Å². The van der Waals surface area contributed by atoms with Gasteiger partial charge in [0, 0.05) is 18.3 Å².